The molecule has 0 saturated carbocycles. The molecule has 15 nitrogen and oxygen atoms in total. The number of nitrogens with zero attached hydrogens (tertiary/aromatic N) is 2. The Morgan fingerprint density at radius 1 is 0.982 bits per heavy atom. The molecule has 0 saturated heterocycles. The van der Waals surface area contributed by atoms with Crippen LogP contribution in [-0.4, -0.2) is 83.0 Å². The molecule has 1 unspecified atom stereocenters. The number of halogens is 6. The molecule has 0 aliphatic heterocycles. The summed E-state index contributed by atoms with van der Waals surface area (Å²) in [6.45, 7) is 5.74. The number of aliphatic carboxylic acids is 1. The number of alkyl halides is 6. The van der Waals surface area contributed by atoms with Crippen LogP contribution in [0, 0.1) is 20.8 Å². The van der Waals surface area contributed by atoms with E-state index in [9.17, 15) is 63.8 Å². The fourth-order valence-corrected chi connectivity index (χ4v) is 6.91. The number of aryl methyl sites for hydroxylation is 4. The van der Waals surface area contributed by atoms with E-state index >= 15 is 0 Å². The maximum absolute atomic E-state index is 13.4. The number of amides is 1. The van der Waals surface area contributed by atoms with Crippen molar-refractivity contribution in [3.63, 3.8) is 0 Å². The molecule has 298 valence electrons. The molecular weight excluding hydrogens is 768 g/mol. The molecule has 4 aromatic rings. The number of anilines is 1. The molecule has 0 fully saturated rings. The third-order valence-electron chi connectivity index (χ3n) is 7.61. The predicted octanol–water partition coefficient (Wildman–Crippen LogP) is 3.02. The summed E-state index contributed by atoms with van der Waals surface area (Å²) in [5, 5.41) is 15.6. The summed E-state index contributed by atoms with van der Waals surface area (Å²) in [6, 6.07) is 6.93. The number of ketones is 2. The lowest BCUT2D eigenvalue weighted by Crippen LogP contribution is -2.49. The lowest BCUT2D eigenvalue weighted by Gasteiger charge is -2.19. The molecule has 55 heavy (non-hydrogen) atoms. The number of aromatic nitrogens is 3. The van der Waals surface area contributed by atoms with Crippen LogP contribution in [0.1, 0.15) is 39.0 Å². The minimum atomic E-state index is -5.77. The van der Waals surface area contributed by atoms with Crippen molar-refractivity contribution in [3.05, 3.63) is 87.0 Å². The summed E-state index contributed by atoms with van der Waals surface area (Å²) in [5.74, 6) is -8.53. The molecule has 1 atom stereocenters. The standard InChI is InChI=1S/C29H35N7O6S.C4F6O2/c1-17-11-18(2)26(19(3)12-17)43(41,42)35-23(28(39)40)15-33-27(38)22-16-36(10-4-7-30)24-13-20(5-6-21(24)25(22)37)14-34-29-31-8-9-32-29;5-3(6,7)1(11)2(12)4(8,9)10/h5-6,8-9,11-13,16,23,35H,4,7,10,14-15,30H2,1-3H3,(H,33,38)(H,39,40)(H2,31,32,34);. The molecule has 2 heterocycles. The number of carboxylic acids is 1. The molecule has 0 aliphatic carbocycles. The monoisotopic (exact) mass is 803 g/mol. The van der Waals surface area contributed by atoms with Crippen molar-refractivity contribution in [3.8, 4) is 0 Å². The second-order valence-corrected chi connectivity index (χ2v) is 13.6. The van der Waals surface area contributed by atoms with E-state index in [1.165, 1.54) is 6.20 Å². The Hall–Kier alpha value is -5.61. The summed E-state index contributed by atoms with van der Waals surface area (Å²) in [6.07, 6.45) is -6.23. The van der Waals surface area contributed by atoms with Gasteiger partial charge in [-0.2, -0.15) is 31.1 Å². The van der Waals surface area contributed by atoms with Crippen molar-refractivity contribution in [2.75, 3.05) is 18.4 Å². The molecule has 0 radical (unpaired) electrons. The summed E-state index contributed by atoms with van der Waals surface area (Å²) < 4.78 is 97.2. The van der Waals surface area contributed by atoms with Gasteiger partial charge in [0.15, 0.2) is 5.95 Å². The van der Waals surface area contributed by atoms with Crippen LogP contribution in [0.15, 0.2) is 58.6 Å². The first kappa shape index (κ1) is 43.8. The van der Waals surface area contributed by atoms with Crippen molar-refractivity contribution < 1.29 is 59.0 Å². The zero-order chi connectivity index (χ0) is 41.5. The van der Waals surface area contributed by atoms with Crippen molar-refractivity contribution in [1.82, 2.24) is 24.6 Å². The first-order valence-electron chi connectivity index (χ1n) is 15.9. The van der Waals surface area contributed by atoms with Crippen molar-refractivity contribution in [2.45, 2.75) is 63.6 Å². The van der Waals surface area contributed by atoms with Gasteiger partial charge >= 0.3 is 29.9 Å². The van der Waals surface area contributed by atoms with E-state index in [0.717, 1.165) is 11.1 Å². The minimum Gasteiger partial charge on any atom is -0.480 e. The number of aromatic amines is 1. The number of H-pyrrole nitrogens is 1. The minimum absolute atomic E-state index is 0.0216. The number of imidazole rings is 1. The quantitative estimate of drug-likeness (QED) is 0.0801. The summed E-state index contributed by atoms with van der Waals surface area (Å²) in [5.41, 5.74) is 8.25. The Labute approximate surface area is 308 Å². The maximum atomic E-state index is 13.4. The first-order chi connectivity index (χ1) is 25.5. The Bertz CT molecular complexity index is 2190. The summed E-state index contributed by atoms with van der Waals surface area (Å²) in [7, 11) is -4.24. The van der Waals surface area contributed by atoms with Gasteiger partial charge in [0.1, 0.15) is 11.6 Å². The molecule has 7 N–H and O–H groups in total. The van der Waals surface area contributed by atoms with E-state index in [1.807, 2.05) is 13.0 Å². The highest BCUT2D eigenvalue weighted by Crippen LogP contribution is 2.24. The highest BCUT2D eigenvalue weighted by molar-refractivity contribution is 7.89. The highest BCUT2D eigenvalue weighted by Gasteiger charge is 2.54. The molecule has 0 spiro atoms. The number of nitrogens with one attached hydrogen (secondary N) is 4. The number of Topliss-reactive ketones (excluding diaryl/α,β-unsaturated/α-hetero) is 2. The Morgan fingerprint density at radius 2 is 1.58 bits per heavy atom. The SMILES string of the molecule is Cc1cc(C)c(S(=O)(=O)NC(CNC(=O)c2cn(CCCN)c3cc(CNc4ncc[nH]4)ccc3c2=O)C(=O)O)c(C)c1.O=C(C(=O)C(F)(F)F)C(F)(F)F. The number of rotatable bonds is 14. The lowest BCUT2D eigenvalue weighted by molar-refractivity contribution is -0.193. The van der Waals surface area contributed by atoms with Gasteiger partial charge in [0, 0.05) is 43.6 Å². The number of carbonyl (C=O) groups excluding carboxylic acids is 3. The Kier molecular flexibility index (Phi) is 14.1. The number of hydrogen-bond donors (Lipinski definition) is 6. The van der Waals surface area contributed by atoms with Crippen LogP contribution in [0.25, 0.3) is 10.9 Å². The van der Waals surface area contributed by atoms with Crippen molar-refractivity contribution in [2.24, 2.45) is 5.73 Å². The average Bonchev–Trinajstić information content (AvgIpc) is 3.60. The molecule has 0 aliphatic rings. The Morgan fingerprint density at radius 3 is 2.09 bits per heavy atom. The van der Waals surface area contributed by atoms with E-state index < -0.39 is 63.8 Å². The van der Waals surface area contributed by atoms with E-state index in [0.29, 0.717) is 54.0 Å². The molecule has 4 rings (SSSR count). The zero-order valence-electron chi connectivity index (χ0n) is 29.2. The van der Waals surface area contributed by atoms with Crippen LogP contribution >= 0.6 is 0 Å². The third kappa shape index (κ3) is 11.4. The Balaban J connectivity index is 0.000000583. The number of sulfonamides is 1. The van der Waals surface area contributed by atoms with Crippen LogP contribution < -0.4 is 26.5 Å². The molecule has 2 aromatic heterocycles. The molecule has 0 bridgehead atoms. The van der Waals surface area contributed by atoms with Crippen LogP contribution in [0.4, 0.5) is 32.3 Å². The van der Waals surface area contributed by atoms with Gasteiger partial charge in [-0.1, -0.05) is 23.8 Å². The molecule has 2 aromatic carbocycles. The molecule has 1 amide bonds. The van der Waals surface area contributed by atoms with Gasteiger partial charge in [0.2, 0.25) is 15.5 Å². The second-order valence-electron chi connectivity index (χ2n) is 12.0. The van der Waals surface area contributed by atoms with Gasteiger partial charge in [0.05, 0.1) is 10.4 Å². The van der Waals surface area contributed by atoms with Gasteiger partial charge in [-0.3, -0.25) is 24.0 Å². The van der Waals surface area contributed by atoms with Gasteiger partial charge in [-0.25, -0.2) is 13.4 Å². The topological polar surface area (TPSA) is 235 Å². The van der Waals surface area contributed by atoms with Crippen LogP contribution in [0.5, 0.6) is 0 Å². The van der Waals surface area contributed by atoms with Gasteiger partial charge in [-0.15, -0.1) is 0 Å². The molecule has 22 heteroatoms. The summed E-state index contributed by atoms with van der Waals surface area (Å²) in [4.78, 5) is 64.9. The van der Waals surface area contributed by atoms with Crippen molar-refractivity contribution >= 4 is 50.3 Å². The first-order valence-corrected chi connectivity index (χ1v) is 17.4. The number of carbonyl (C=O) groups is 4. The highest BCUT2D eigenvalue weighted by atomic mass is 32.2. The average molecular weight is 804 g/mol. The normalized spacial score (nSPS) is 12.4. The zero-order valence-corrected chi connectivity index (χ0v) is 30.0. The lowest BCUT2D eigenvalue weighted by atomic mass is 10.1. The number of hydrogen-bond acceptors (Lipinski definition) is 10. The fraction of sp³-hybridized carbons (Fsp3) is 0.333. The van der Waals surface area contributed by atoms with Gasteiger partial charge in [0.25, 0.3) is 5.91 Å². The molecular formula is C33H35F6N7O8S. The maximum Gasteiger partial charge on any atom is 0.458 e. The number of pyridine rings is 1. The number of fused-ring (bicyclic) bond motifs is 1. The van der Waals surface area contributed by atoms with Crippen LogP contribution in [0.3, 0.4) is 0 Å². The second kappa shape index (κ2) is 17.7. The van der Waals surface area contributed by atoms with E-state index in [4.69, 9.17) is 5.73 Å². The van der Waals surface area contributed by atoms with Crippen LogP contribution in [-0.2, 0) is 37.5 Å². The number of nitrogens with two attached hydrogens (primary N) is 1. The largest absolute Gasteiger partial charge is 0.480 e. The third-order valence-corrected chi connectivity index (χ3v) is 9.38. The smallest absolute Gasteiger partial charge is 0.458 e. The summed E-state index contributed by atoms with van der Waals surface area (Å²) >= 11 is 0. The number of carboxylic acid groups (broad SMARTS) is 1. The number of benzene rings is 2. The van der Waals surface area contributed by atoms with Gasteiger partial charge in [-0.05, 0) is 62.6 Å². The van der Waals surface area contributed by atoms with E-state index in [-0.39, 0.29) is 10.5 Å². The van der Waals surface area contributed by atoms with E-state index in [1.54, 1.807) is 55.1 Å². The fourth-order valence-electron chi connectivity index (χ4n) is 5.27. The van der Waals surface area contributed by atoms with E-state index in [2.05, 4.69) is 25.3 Å². The van der Waals surface area contributed by atoms with Crippen LogP contribution in [0.2, 0.25) is 0 Å². The van der Waals surface area contributed by atoms with Gasteiger partial charge < -0.3 is 31.0 Å². The predicted molar refractivity (Wildman–Crippen MR) is 185 cm³/mol. The van der Waals surface area contributed by atoms with Crippen molar-refractivity contribution in [1.29, 1.82) is 0 Å².